The number of nitrogens with zero attached hydrogens (tertiary/aromatic N) is 1. The molecule has 0 radical (unpaired) electrons. The highest BCUT2D eigenvalue weighted by molar-refractivity contribution is 4.80. The maximum atomic E-state index is 3.52. The molecule has 88 valence electrons. The first-order valence-corrected chi connectivity index (χ1v) is 6.70. The van der Waals surface area contributed by atoms with Gasteiger partial charge in [-0.25, -0.2) is 0 Å². The largest absolute Gasteiger partial charge is 0.316 e. The molecule has 0 saturated carbocycles. The van der Waals surface area contributed by atoms with Gasteiger partial charge in [0.25, 0.3) is 0 Å². The van der Waals surface area contributed by atoms with Crippen LogP contribution in [-0.4, -0.2) is 37.1 Å². The van der Waals surface area contributed by atoms with Gasteiger partial charge in [0, 0.05) is 12.6 Å². The van der Waals surface area contributed by atoms with Crippen LogP contribution in [0.5, 0.6) is 0 Å². The van der Waals surface area contributed by atoms with Gasteiger partial charge in [-0.3, -0.25) is 0 Å². The van der Waals surface area contributed by atoms with Crippen molar-refractivity contribution in [2.24, 2.45) is 11.8 Å². The van der Waals surface area contributed by atoms with E-state index < -0.39 is 0 Å². The Labute approximate surface area is 94.4 Å². The minimum Gasteiger partial charge on any atom is -0.316 e. The van der Waals surface area contributed by atoms with E-state index >= 15 is 0 Å². The van der Waals surface area contributed by atoms with Gasteiger partial charge in [0.1, 0.15) is 0 Å². The van der Waals surface area contributed by atoms with E-state index in [1.165, 1.54) is 51.9 Å². The Morgan fingerprint density at radius 2 is 2.13 bits per heavy atom. The molecule has 2 fully saturated rings. The van der Waals surface area contributed by atoms with Gasteiger partial charge in [0.05, 0.1) is 0 Å². The molecule has 0 spiro atoms. The van der Waals surface area contributed by atoms with E-state index in [0.29, 0.717) is 0 Å². The highest BCUT2D eigenvalue weighted by atomic mass is 15.2. The number of rotatable bonds is 2. The molecule has 2 heterocycles. The second-order valence-electron chi connectivity index (χ2n) is 5.69. The third-order valence-corrected chi connectivity index (χ3v) is 4.17. The van der Waals surface area contributed by atoms with E-state index in [1.54, 1.807) is 0 Å². The van der Waals surface area contributed by atoms with E-state index in [0.717, 1.165) is 17.9 Å². The van der Waals surface area contributed by atoms with Crippen LogP contribution in [0.15, 0.2) is 0 Å². The molecule has 2 aliphatic heterocycles. The van der Waals surface area contributed by atoms with Crippen LogP contribution in [-0.2, 0) is 0 Å². The fraction of sp³-hybridized carbons (Fsp3) is 1.00. The predicted octanol–water partition coefficient (Wildman–Crippen LogP) is 2.11. The normalized spacial score (nSPS) is 39.2. The van der Waals surface area contributed by atoms with Crippen LogP contribution in [0.4, 0.5) is 0 Å². The van der Waals surface area contributed by atoms with E-state index in [1.807, 2.05) is 0 Å². The molecule has 2 aliphatic rings. The summed E-state index contributed by atoms with van der Waals surface area (Å²) in [5, 5.41) is 3.52. The average Bonchev–Trinajstić information content (AvgIpc) is 2.24. The Bertz CT molecular complexity index is 187. The van der Waals surface area contributed by atoms with E-state index in [9.17, 15) is 0 Å². The Kier molecular flexibility index (Phi) is 4.04. The highest BCUT2D eigenvalue weighted by Gasteiger charge is 2.25. The molecular formula is C13H26N2. The fourth-order valence-corrected chi connectivity index (χ4v) is 3.14. The maximum Gasteiger partial charge on any atom is 0.00695 e. The van der Waals surface area contributed by atoms with Crippen molar-refractivity contribution in [2.45, 2.75) is 45.6 Å². The second-order valence-corrected chi connectivity index (χ2v) is 5.69. The third-order valence-electron chi connectivity index (χ3n) is 4.17. The number of nitrogens with one attached hydrogen (secondary N) is 1. The Morgan fingerprint density at radius 3 is 2.80 bits per heavy atom. The first kappa shape index (κ1) is 11.4. The molecule has 2 nitrogen and oxygen atoms in total. The molecule has 15 heavy (non-hydrogen) atoms. The summed E-state index contributed by atoms with van der Waals surface area (Å²) in [6.07, 6.45) is 5.62. The molecule has 1 N–H and O–H groups in total. The van der Waals surface area contributed by atoms with Crippen LogP contribution in [0.3, 0.4) is 0 Å². The van der Waals surface area contributed by atoms with Gasteiger partial charge < -0.3 is 10.2 Å². The van der Waals surface area contributed by atoms with E-state index in [2.05, 4.69) is 24.1 Å². The zero-order chi connectivity index (χ0) is 10.7. The summed E-state index contributed by atoms with van der Waals surface area (Å²) in [5.41, 5.74) is 0. The van der Waals surface area contributed by atoms with Gasteiger partial charge in [0.2, 0.25) is 0 Å². The monoisotopic (exact) mass is 210 g/mol. The van der Waals surface area contributed by atoms with Crippen LogP contribution in [0, 0.1) is 11.8 Å². The Hall–Kier alpha value is -0.0800. The van der Waals surface area contributed by atoms with Gasteiger partial charge in [0.15, 0.2) is 0 Å². The first-order chi connectivity index (χ1) is 7.25. The van der Waals surface area contributed by atoms with Crippen molar-refractivity contribution < 1.29 is 0 Å². The maximum absolute atomic E-state index is 3.52. The lowest BCUT2D eigenvalue weighted by Crippen LogP contribution is -2.45. The van der Waals surface area contributed by atoms with Crippen LogP contribution >= 0.6 is 0 Å². The van der Waals surface area contributed by atoms with Crippen LogP contribution in [0.2, 0.25) is 0 Å². The summed E-state index contributed by atoms with van der Waals surface area (Å²) in [6, 6.07) is 0.815. The smallest absolute Gasteiger partial charge is 0.00695 e. The molecule has 0 bridgehead atoms. The van der Waals surface area contributed by atoms with Gasteiger partial charge in [-0.2, -0.15) is 0 Å². The summed E-state index contributed by atoms with van der Waals surface area (Å²) in [5.74, 6) is 1.86. The SMILES string of the molecule is CC1CCN(CC2CCCNC2)C(C)C1. The molecule has 3 unspecified atom stereocenters. The molecule has 0 aromatic rings. The fourth-order valence-electron chi connectivity index (χ4n) is 3.14. The molecule has 2 rings (SSSR count). The Balaban J connectivity index is 1.77. The predicted molar refractivity (Wildman–Crippen MR) is 65.0 cm³/mol. The molecular weight excluding hydrogens is 184 g/mol. The van der Waals surface area contributed by atoms with Crippen molar-refractivity contribution >= 4 is 0 Å². The molecule has 3 atom stereocenters. The summed E-state index contributed by atoms with van der Waals surface area (Å²) in [4.78, 5) is 2.72. The van der Waals surface area contributed by atoms with Gasteiger partial charge in [-0.15, -0.1) is 0 Å². The molecule has 0 aliphatic carbocycles. The minimum absolute atomic E-state index is 0.815. The Morgan fingerprint density at radius 1 is 1.27 bits per heavy atom. The zero-order valence-electron chi connectivity index (χ0n) is 10.3. The van der Waals surface area contributed by atoms with E-state index in [4.69, 9.17) is 0 Å². The topological polar surface area (TPSA) is 15.3 Å². The number of likely N-dealkylation sites (tertiary alicyclic amines) is 1. The summed E-state index contributed by atoms with van der Waals surface area (Å²) in [7, 11) is 0. The lowest BCUT2D eigenvalue weighted by molar-refractivity contribution is 0.103. The minimum atomic E-state index is 0.815. The number of piperidine rings is 2. The van der Waals surface area contributed by atoms with Gasteiger partial charge in [-0.05, 0) is 64.1 Å². The van der Waals surface area contributed by atoms with E-state index in [-0.39, 0.29) is 0 Å². The summed E-state index contributed by atoms with van der Waals surface area (Å²) >= 11 is 0. The van der Waals surface area contributed by atoms with Crippen LogP contribution < -0.4 is 5.32 Å². The van der Waals surface area contributed by atoms with Crippen molar-refractivity contribution in [3.63, 3.8) is 0 Å². The zero-order valence-corrected chi connectivity index (χ0v) is 10.3. The number of hydrogen-bond donors (Lipinski definition) is 1. The average molecular weight is 210 g/mol. The van der Waals surface area contributed by atoms with Crippen molar-refractivity contribution in [3.05, 3.63) is 0 Å². The third kappa shape index (κ3) is 3.18. The second kappa shape index (κ2) is 5.31. The molecule has 2 heteroatoms. The first-order valence-electron chi connectivity index (χ1n) is 6.70. The van der Waals surface area contributed by atoms with Crippen LogP contribution in [0.1, 0.15) is 39.5 Å². The van der Waals surface area contributed by atoms with Crippen LogP contribution in [0.25, 0.3) is 0 Å². The highest BCUT2D eigenvalue weighted by Crippen LogP contribution is 2.24. The lowest BCUT2D eigenvalue weighted by Gasteiger charge is -2.39. The van der Waals surface area contributed by atoms with Crippen molar-refractivity contribution in [1.29, 1.82) is 0 Å². The van der Waals surface area contributed by atoms with Gasteiger partial charge in [-0.1, -0.05) is 6.92 Å². The van der Waals surface area contributed by atoms with Crippen molar-refractivity contribution in [3.8, 4) is 0 Å². The lowest BCUT2D eigenvalue weighted by atomic mass is 9.91. The quantitative estimate of drug-likeness (QED) is 0.751. The summed E-state index contributed by atoms with van der Waals surface area (Å²) in [6.45, 7) is 9.96. The number of hydrogen-bond acceptors (Lipinski definition) is 2. The van der Waals surface area contributed by atoms with Gasteiger partial charge >= 0.3 is 0 Å². The molecule has 2 saturated heterocycles. The van der Waals surface area contributed by atoms with Crippen molar-refractivity contribution in [1.82, 2.24) is 10.2 Å². The standard InChI is InChI=1S/C13H26N2/c1-11-5-7-15(12(2)8-11)10-13-4-3-6-14-9-13/h11-14H,3-10H2,1-2H3. The van der Waals surface area contributed by atoms with Crippen molar-refractivity contribution in [2.75, 3.05) is 26.2 Å². The molecule has 0 aromatic carbocycles. The molecule has 0 amide bonds. The molecule has 0 aromatic heterocycles. The summed E-state index contributed by atoms with van der Waals surface area (Å²) < 4.78 is 0.